The maximum Gasteiger partial charge on any atom is 0.261 e. The molecule has 5 nitrogen and oxygen atoms in total. The lowest BCUT2D eigenvalue weighted by atomic mass is 10.2. The van der Waals surface area contributed by atoms with Crippen molar-refractivity contribution in [2.75, 3.05) is 15.8 Å². The number of thioether (sulfide) groups is 1. The van der Waals surface area contributed by atoms with Crippen LogP contribution >= 0.6 is 35.0 Å². The first-order chi connectivity index (χ1) is 14.7. The minimum Gasteiger partial charge on any atom is -0.325 e. The van der Waals surface area contributed by atoms with E-state index in [2.05, 4.69) is 10.0 Å². The van der Waals surface area contributed by atoms with E-state index in [-0.39, 0.29) is 26.5 Å². The molecule has 162 valence electrons. The number of aryl methyl sites for hydroxylation is 1. The Labute approximate surface area is 196 Å². The molecule has 1 amide bonds. The Balaban J connectivity index is 1.55. The van der Waals surface area contributed by atoms with Crippen LogP contribution in [0.2, 0.25) is 10.0 Å². The zero-order valence-corrected chi connectivity index (χ0v) is 19.7. The molecule has 0 heterocycles. The highest BCUT2D eigenvalue weighted by atomic mass is 35.5. The maximum atomic E-state index is 12.6. The standard InChI is InChI=1S/C22H20Cl2N2O3S2/c1-15-5-7-16(8-6-15)13-30-14-21(27)25-17-9-11-18(12-10-17)31(28,29)26-20-4-2-3-19(23)22(20)24/h2-12,26H,13-14H2,1H3,(H,25,27). The number of anilines is 2. The predicted molar refractivity (Wildman–Crippen MR) is 130 cm³/mol. The van der Waals surface area contributed by atoms with Crippen molar-refractivity contribution in [1.29, 1.82) is 0 Å². The second-order valence-electron chi connectivity index (χ2n) is 6.76. The lowest BCUT2D eigenvalue weighted by Gasteiger charge is -2.11. The largest absolute Gasteiger partial charge is 0.325 e. The van der Waals surface area contributed by atoms with E-state index >= 15 is 0 Å². The first kappa shape index (κ1) is 23.5. The van der Waals surface area contributed by atoms with E-state index in [4.69, 9.17) is 23.2 Å². The fourth-order valence-electron chi connectivity index (χ4n) is 2.65. The van der Waals surface area contributed by atoms with Crippen LogP contribution in [0.5, 0.6) is 0 Å². The average Bonchev–Trinajstić information content (AvgIpc) is 2.73. The maximum absolute atomic E-state index is 12.6. The SMILES string of the molecule is Cc1ccc(CSCC(=O)Nc2ccc(S(=O)(=O)Nc3cccc(Cl)c3Cl)cc2)cc1. The van der Waals surface area contributed by atoms with Crippen LogP contribution in [0.4, 0.5) is 11.4 Å². The molecule has 9 heteroatoms. The smallest absolute Gasteiger partial charge is 0.261 e. The van der Waals surface area contributed by atoms with Gasteiger partial charge in [0.15, 0.2) is 0 Å². The molecule has 0 unspecified atom stereocenters. The first-order valence-corrected chi connectivity index (χ1v) is 12.6. The van der Waals surface area contributed by atoms with Crippen LogP contribution in [0.25, 0.3) is 0 Å². The lowest BCUT2D eigenvalue weighted by Crippen LogP contribution is -2.15. The number of sulfonamides is 1. The van der Waals surface area contributed by atoms with Crippen molar-refractivity contribution >= 4 is 62.3 Å². The van der Waals surface area contributed by atoms with Gasteiger partial charge in [-0.25, -0.2) is 8.42 Å². The molecule has 2 N–H and O–H groups in total. The fourth-order valence-corrected chi connectivity index (χ4v) is 4.91. The van der Waals surface area contributed by atoms with Crippen molar-refractivity contribution in [2.45, 2.75) is 17.6 Å². The third-order valence-corrected chi connectivity index (χ3v) is 7.47. The van der Waals surface area contributed by atoms with Gasteiger partial charge in [-0.1, -0.05) is 59.1 Å². The number of carbonyl (C=O) groups is 1. The Bertz CT molecular complexity index is 1170. The fraction of sp³-hybridized carbons (Fsp3) is 0.136. The molecule has 3 aromatic carbocycles. The topological polar surface area (TPSA) is 75.3 Å². The van der Waals surface area contributed by atoms with Crippen molar-refractivity contribution in [1.82, 2.24) is 0 Å². The Kier molecular flexibility index (Phi) is 7.89. The molecule has 0 aromatic heterocycles. The monoisotopic (exact) mass is 494 g/mol. The molecule has 3 aromatic rings. The van der Waals surface area contributed by atoms with E-state index in [9.17, 15) is 13.2 Å². The molecule has 0 bridgehead atoms. The third-order valence-electron chi connectivity index (χ3n) is 4.27. The van der Waals surface area contributed by atoms with Crippen LogP contribution in [-0.4, -0.2) is 20.1 Å². The van der Waals surface area contributed by atoms with E-state index in [0.29, 0.717) is 11.4 Å². The Morgan fingerprint density at radius 1 is 0.968 bits per heavy atom. The molecular formula is C22H20Cl2N2O3S2. The molecule has 0 saturated carbocycles. The molecule has 0 atom stereocenters. The lowest BCUT2D eigenvalue weighted by molar-refractivity contribution is -0.113. The van der Waals surface area contributed by atoms with Gasteiger partial charge in [0.05, 0.1) is 26.4 Å². The summed E-state index contributed by atoms with van der Waals surface area (Å²) in [5.74, 6) is 0.877. The average molecular weight is 495 g/mol. The highest BCUT2D eigenvalue weighted by Gasteiger charge is 2.17. The minimum absolute atomic E-state index is 0.0373. The van der Waals surface area contributed by atoms with Crippen LogP contribution in [0, 0.1) is 6.92 Å². The molecule has 0 aliphatic rings. The number of halogens is 2. The van der Waals surface area contributed by atoms with Gasteiger partial charge < -0.3 is 5.32 Å². The van der Waals surface area contributed by atoms with Crippen molar-refractivity contribution in [3.05, 3.63) is 87.9 Å². The van der Waals surface area contributed by atoms with Gasteiger partial charge in [-0.05, 0) is 48.9 Å². The highest BCUT2D eigenvalue weighted by Crippen LogP contribution is 2.31. The molecule has 0 spiro atoms. The number of hydrogen-bond donors (Lipinski definition) is 2. The van der Waals surface area contributed by atoms with Gasteiger partial charge in [0, 0.05) is 11.4 Å². The molecule has 0 fully saturated rings. The van der Waals surface area contributed by atoms with Gasteiger partial charge in [-0.15, -0.1) is 11.8 Å². The molecular weight excluding hydrogens is 475 g/mol. The minimum atomic E-state index is -3.86. The summed E-state index contributed by atoms with van der Waals surface area (Å²) in [5, 5.41) is 3.14. The third kappa shape index (κ3) is 6.64. The zero-order chi connectivity index (χ0) is 22.4. The van der Waals surface area contributed by atoms with Crippen molar-refractivity contribution < 1.29 is 13.2 Å². The van der Waals surface area contributed by atoms with E-state index in [1.54, 1.807) is 12.1 Å². The highest BCUT2D eigenvalue weighted by molar-refractivity contribution is 7.99. The van der Waals surface area contributed by atoms with Crippen LogP contribution in [0.3, 0.4) is 0 Å². The summed E-state index contributed by atoms with van der Waals surface area (Å²) in [7, 11) is -3.86. The molecule has 0 aliphatic heterocycles. The van der Waals surface area contributed by atoms with E-state index in [0.717, 1.165) is 11.3 Å². The molecule has 0 aliphatic carbocycles. The van der Waals surface area contributed by atoms with Gasteiger partial charge in [0.2, 0.25) is 5.91 Å². The summed E-state index contributed by atoms with van der Waals surface area (Å²) >= 11 is 13.5. The van der Waals surface area contributed by atoms with Crippen LogP contribution < -0.4 is 10.0 Å². The molecule has 3 rings (SSSR count). The molecule has 31 heavy (non-hydrogen) atoms. The Morgan fingerprint density at radius 3 is 2.32 bits per heavy atom. The number of rotatable bonds is 8. The van der Waals surface area contributed by atoms with Crippen molar-refractivity contribution in [3.8, 4) is 0 Å². The number of hydrogen-bond acceptors (Lipinski definition) is 4. The summed E-state index contributed by atoms with van der Waals surface area (Å²) in [4.78, 5) is 12.2. The number of carbonyl (C=O) groups excluding carboxylic acids is 1. The first-order valence-electron chi connectivity index (χ1n) is 9.24. The Hall–Kier alpha value is -2.19. The summed E-state index contributed by atoms with van der Waals surface area (Å²) < 4.78 is 27.6. The second-order valence-corrected chi connectivity index (χ2v) is 10.2. The van der Waals surface area contributed by atoms with E-state index < -0.39 is 10.0 Å². The van der Waals surface area contributed by atoms with Crippen LogP contribution in [-0.2, 0) is 20.6 Å². The van der Waals surface area contributed by atoms with E-state index in [1.165, 1.54) is 47.7 Å². The zero-order valence-electron chi connectivity index (χ0n) is 16.6. The summed E-state index contributed by atoms with van der Waals surface area (Å²) in [6, 6.07) is 18.8. The Morgan fingerprint density at radius 2 is 1.65 bits per heavy atom. The second kappa shape index (κ2) is 10.4. The number of amides is 1. The quantitative estimate of drug-likeness (QED) is 0.404. The molecule has 0 radical (unpaired) electrons. The van der Waals surface area contributed by atoms with Gasteiger partial charge in [-0.3, -0.25) is 9.52 Å². The van der Waals surface area contributed by atoms with Crippen molar-refractivity contribution in [2.24, 2.45) is 0 Å². The number of nitrogens with one attached hydrogen (secondary N) is 2. The van der Waals surface area contributed by atoms with Gasteiger partial charge in [0.25, 0.3) is 10.0 Å². The summed E-state index contributed by atoms with van der Waals surface area (Å²) in [6.45, 7) is 2.03. The van der Waals surface area contributed by atoms with Gasteiger partial charge in [0.1, 0.15) is 0 Å². The van der Waals surface area contributed by atoms with Gasteiger partial charge in [-0.2, -0.15) is 0 Å². The summed E-state index contributed by atoms with van der Waals surface area (Å²) in [5.41, 5.74) is 3.06. The molecule has 0 saturated heterocycles. The summed E-state index contributed by atoms with van der Waals surface area (Å²) in [6.07, 6.45) is 0. The van der Waals surface area contributed by atoms with E-state index in [1.807, 2.05) is 31.2 Å². The van der Waals surface area contributed by atoms with Crippen LogP contribution in [0.1, 0.15) is 11.1 Å². The van der Waals surface area contributed by atoms with Gasteiger partial charge >= 0.3 is 0 Å². The van der Waals surface area contributed by atoms with Crippen molar-refractivity contribution in [3.63, 3.8) is 0 Å². The number of benzene rings is 3. The predicted octanol–water partition coefficient (Wildman–Crippen LogP) is 5.97. The van der Waals surface area contributed by atoms with Crippen LogP contribution in [0.15, 0.2) is 71.6 Å². The normalized spacial score (nSPS) is 11.2.